The predicted molar refractivity (Wildman–Crippen MR) is 49.6 cm³/mol. The Kier molecular flexibility index (Phi) is 2.12. The van der Waals surface area contributed by atoms with Gasteiger partial charge in [-0.1, -0.05) is 12.1 Å². The van der Waals surface area contributed by atoms with Crippen molar-refractivity contribution >= 4 is 21.6 Å². The Bertz CT molecular complexity index is 469. The Morgan fingerprint density at radius 2 is 2.14 bits per heavy atom. The Balaban J connectivity index is 2.60. The van der Waals surface area contributed by atoms with E-state index >= 15 is 0 Å². The number of nitrogens with zero attached hydrogens (tertiary/aromatic N) is 2. The van der Waals surface area contributed by atoms with Crippen LogP contribution in [0.4, 0.5) is 5.69 Å². The molecular formula is C8H6BrN3O2. The molecule has 0 aliphatic carbocycles. The molecule has 1 heterocycles. The van der Waals surface area contributed by atoms with E-state index in [1.165, 1.54) is 4.68 Å². The van der Waals surface area contributed by atoms with Gasteiger partial charge in [0.1, 0.15) is 5.69 Å². The minimum atomic E-state index is -0.534. The van der Waals surface area contributed by atoms with Crippen LogP contribution in [0.3, 0.4) is 0 Å². The zero-order valence-electron chi connectivity index (χ0n) is 6.98. The molecule has 0 fully saturated rings. The fraction of sp³-hybridized carbons (Fsp3) is 0. The molecule has 1 aromatic heterocycles. The van der Waals surface area contributed by atoms with Crippen LogP contribution in [-0.4, -0.2) is 5.27 Å². The smallest absolute Gasteiger partial charge is 0.305 e. The van der Waals surface area contributed by atoms with Crippen molar-refractivity contribution in [2.75, 3.05) is 5.73 Å². The summed E-state index contributed by atoms with van der Waals surface area (Å²) in [5.41, 5.74) is 6.83. The average molecular weight is 256 g/mol. The van der Waals surface area contributed by atoms with Crippen LogP contribution in [0.25, 0.3) is 5.69 Å². The summed E-state index contributed by atoms with van der Waals surface area (Å²) >= 11 is 3.06. The summed E-state index contributed by atoms with van der Waals surface area (Å²) in [4.78, 5) is 0. The molecule has 2 aromatic rings. The van der Waals surface area contributed by atoms with Gasteiger partial charge in [-0.25, -0.2) is 0 Å². The lowest BCUT2D eigenvalue weighted by Gasteiger charge is -1.94. The first-order valence-corrected chi connectivity index (χ1v) is 4.59. The summed E-state index contributed by atoms with van der Waals surface area (Å²) in [5, 5.41) is 14.5. The van der Waals surface area contributed by atoms with Gasteiger partial charge >= 0.3 is 4.60 Å². The van der Waals surface area contributed by atoms with Gasteiger partial charge in [-0.15, -0.1) is 0 Å². The molecule has 2 N–H and O–H groups in total. The van der Waals surface area contributed by atoms with E-state index in [-0.39, 0.29) is 4.60 Å². The highest BCUT2D eigenvalue weighted by atomic mass is 79.9. The van der Waals surface area contributed by atoms with Crippen molar-refractivity contribution in [3.05, 3.63) is 28.9 Å². The van der Waals surface area contributed by atoms with E-state index < -0.39 is 5.95 Å². The maximum atomic E-state index is 11.0. The van der Waals surface area contributed by atoms with E-state index in [2.05, 4.69) is 25.7 Å². The number of aromatic nitrogens is 2. The Morgan fingerprint density at radius 1 is 1.43 bits per heavy atom. The molecule has 1 aromatic carbocycles. The van der Waals surface area contributed by atoms with Gasteiger partial charge in [-0.05, 0) is 10.7 Å². The molecule has 0 aliphatic rings. The molecule has 2 rings (SSSR count). The Labute approximate surface area is 87.9 Å². The van der Waals surface area contributed by atoms with Crippen LogP contribution in [0.1, 0.15) is 0 Å². The van der Waals surface area contributed by atoms with Gasteiger partial charge in [0, 0.05) is 22.0 Å². The van der Waals surface area contributed by atoms with Crippen LogP contribution >= 0.6 is 15.9 Å². The van der Waals surface area contributed by atoms with Gasteiger partial charge in [-0.3, -0.25) is 0 Å². The minimum Gasteiger partial charge on any atom is -0.538 e. The summed E-state index contributed by atoms with van der Waals surface area (Å²) in [5.74, 6) is -0.534. The van der Waals surface area contributed by atoms with Crippen LogP contribution in [0.5, 0.6) is 5.95 Å². The number of hydrogen-bond acceptors (Lipinski definition) is 4. The molecule has 6 heteroatoms. The van der Waals surface area contributed by atoms with Crippen molar-refractivity contribution in [2.45, 2.75) is 0 Å². The van der Waals surface area contributed by atoms with Crippen molar-refractivity contribution < 1.29 is 14.3 Å². The SMILES string of the molecule is Nc1ccccc1-[n+]1noc([O-])c1Br. The number of rotatable bonds is 1. The molecule has 0 spiro atoms. The molecule has 0 aliphatic heterocycles. The fourth-order valence-corrected chi connectivity index (χ4v) is 1.40. The number of hydrogen-bond donors (Lipinski definition) is 1. The van der Waals surface area contributed by atoms with E-state index in [4.69, 9.17) is 5.73 Å². The molecule has 14 heavy (non-hydrogen) atoms. The number of anilines is 1. The van der Waals surface area contributed by atoms with E-state index in [1.54, 1.807) is 24.3 Å². The highest BCUT2D eigenvalue weighted by Gasteiger charge is 2.19. The van der Waals surface area contributed by atoms with E-state index in [1.807, 2.05) is 0 Å². The van der Waals surface area contributed by atoms with Crippen molar-refractivity contribution in [1.82, 2.24) is 5.27 Å². The van der Waals surface area contributed by atoms with Crippen LogP contribution < -0.4 is 15.5 Å². The lowest BCUT2D eigenvalue weighted by atomic mass is 10.3. The number of benzene rings is 1. The van der Waals surface area contributed by atoms with Crippen molar-refractivity contribution in [3.63, 3.8) is 0 Å². The molecule has 0 saturated heterocycles. The zero-order chi connectivity index (χ0) is 10.1. The maximum Gasteiger partial charge on any atom is 0.305 e. The number of nitrogens with two attached hydrogens (primary N) is 1. The average Bonchev–Trinajstić information content (AvgIpc) is 2.49. The third-order valence-electron chi connectivity index (χ3n) is 1.72. The first kappa shape index (κ1) is 9.01. The van der Waals surface area contributed by atoms with Crippen LogP contribution in [0.2, 0.25) is 0 Å². The van der Waals surface area contributed by atoms with E-state index in [0.717, 1.165) is 0 Å². The number of para-hydroxylation sites is 2. The molecule has 0 amide bonds. The summed E-state index contributed by atoms with van der Waals surface area (Å²) < 4.78 is 5.98. The monoisotopic (exact) mass is 255 g/mol. The third-order valence-corrected chi connectivity index (χ3v) is 2.38. The molecule has 0 radical (unpaired) electrons. The third kappa shape index (κ3) is 1.33. The second-order valence-corrected chi connectivity index (χ2v) is 3.37. The molecule has 0 bridgehead atoms. The number of nitrogen functional groups attached to an aromatic ring is 1. The van der Waals surface area contributed by atoms with Crippen LogP contribution in [0.15, 0.2) is 33.4 Å². The van der Waals surface area contributed by atoms with E-state index in [9.17, 15) is 5.11 Å². The van der Waals surface area contributed by atoms with Gasteiger partial charge in [-0.2, -0.15) is 0 Å². The molecule has 0 saturated carbocycles. The van der Waals surface area contributed by atoms with Crippen molar-refractivity contribution in [1.29, 1.82) is 0 Å². The second kappa shape index (κ2) is 3.30. The quantitative estimate of drug-likeness (QED) is 0.590. The maximum absolute atomic E-state index is 11.0. The van der Waals surface area contributed by atoms with Crippen LogP contribution in [-0.2, 0) is 0 Å². The Morgan fingerprint density at radius 3 is 2.71 bits per heavy atom. The fourth-order valence-electron chi connectivity index (χ4n) is 1.07. The highest BCUT2D eigenvalue weighted by Crippen LogP contribution is 2.18. The normalized spacial score (nSPS) is 10.4. The summed E-state index contributed by atoms with van der Waals surface area (Å²) in [6, 6.07) is 7.05. The van der Waals surface area contributed by atoms with E-state index in [0.29, 0.717) is 11.4 Å². The van der Waals surface area contributed by atoms with Gasteiger partial charge in [0.15, 0.2) is 5.95 Å². The van der Waals surface area contributed by atoms with Crippen LogP contribution in [0, 0.1) is 0 Å². The lowest BCUT2D eigenvalue weighted by molar-refractivity contribution is -0.679. The minimum absolute atomic E-state index is 0.218. The largest absolute Gasteiger partial charge is 0.538 e. The summed E-state index contributed by atoms with van der Waals surface area (Å²) in [6.45, 7) is 0. The summed E-state index contributed by atoms with van der Waals surface area (Å²) in [7, 11) is 0. The van der Waals surface area contributed by atoms with Gasteiger partial charge in [0.25, 0.3) is 5.69 Å². The first-order valence-electron chi connectivity index (χ1n) is 3.79. The summed E-state index contributed by atoms with van der Waals surface area (Å²) in [6.07, 6.45) is 0. The van der Waals surface area contributed by atoms with Gasteiger partial charge in [0.05, 0.1) is 5.27 Å². The molecule has 72 valence electrons. The zero-order valence-corrected chi connectivity index (χ0v) is 8.56. The Hall–Kier alpha value is -1.56. The first-order chi connectivity index (χ1) is 6.70. The van der Waals surface area contributed by atoms with Crippen molar-refractivity contribution in [2.24, 2.45) is 0 Å². The van der Waals surface area contributed by atoms with Gasteiger partial charge < -0.3 is 15.4 Å². The second-order valence-electron chi connectivity index (χ2n) is 2.62. The highest BCUT2D eigenvalue weighted by molar-refractivity contribution is 9.10. The lowest BCUT2D eigenvalue weighted by Crippen LogP contribution is -2.34. The predicted octanol–water partition coefficient (Wildman–Crippen LogP) is 0.370. The topological polar surface area (TPSA) is 79.0 Å². The molecule has 0 unspecified atom stereocenters. The standard InChI is InChI=1S/C8H6BrN3O2/c9-7-8(13)14-11-12(7)6-4-2-1-3-5(6)10/h1-4H,(H2-,10,11,13). The molecular weight excluding hydrogens is 250 g/mol. The molecule has 0 atom stereocenters. The number of halogens is 1. The van der Waals surface area contributed by atoms with Crippen molar-refractivity contribution in [3.8, 4) is 11.6 Å². The van der Waals surface area contributed by atoms with Gasteiger partial charge in [0.2, 0.25) is 0 Å². The molecule has 5 nitrogen and oxygen atoms in total.